The van der Waals surface area contributed by atoms with Gasteiger partial charge in [-0.15, -0.1) is 0 Å². The smallest absolute Gasteiger partial charge is 0.287 e. The maximum Gasteiger partial charge on any atom is 0.287 e. The molecule has 1 N–H and O–H groups in total. The van der Waals surface area contributed by atoms with E-state index >= 15 is 0 Å². The minimum atomic E-state index is -1.37. The molecule has 0 aliphatic carbocycles. The summed E-state index contributed by atoms with van der Waals surface area (Å²) in [6, 6.07) is 0. The lowest BCUT2D eigenvalue weighted by atomic mass is 10.8. The molecule has 0 bridgehead atoms. The number of oxime groups is 1. The van der Waals surface area contributed by atoms with Gasteiger partial charge in [0.2, 0.25) is 0 Å². The van der Waals surface area contributed by atoms with Crippen molar-refractivity contribution in [2.75, 3.05) is 0 Å². The van der Waals surface area contributed by atoms with Crippen LogP contribution >= 0.6 is 15.9 Å². The van der Waals surface area contributed by atoms with Crippen LogP contribution in [0.3, 0.4) is 0 Å². The van der Waals surface area contributed by atoms with Gasteiger partial charge in [0.1, 0.15) is 0 Å². The fourth-order valence-corrected chi connectivity index (χ4v) is 0.220. The van der Waals surface area contributed by atoms with Crippen LogP contribution in [0.5, 0.6) is 0 Å². The van der Waals surface area contributed by atoms with Crippen molar-refractivity contribution in [1.82, 2.24) is 0 Å². The van der Waals surface area contributed by atoms with Gasteiger partial charge in [-0.1, -0.05) is 5.16 Å². The van der Waals surface area contributed by atoms with Crippen molar-refractivity contribution >= 4 is 22.6 Å². The quantitative estimate of drug-likeness (QED) is 0.285. The number of alkyl halides is 1. The third kappa shape index (κ3) is 5.91. The summed E-state index contributed by atoms with van der Waals surface area (Å²) in [5, 5.41) is 11.5. The first-order valence-corrected chi connectivity index (χ1v) is 2.41. The van der Waals surface area contributed by atoms with Crippen LogP contribution in [0.4, 0.5) is 0 Å². The molecular formula is C3H6BrNO2. The zero-order chi connectivity index (χ0) is 5.91. The standard InChI is InChI=1S/C3H6BrNO2/c1-3(4,6)7-5-2/h6H,2H2,1H3. The highest BCUT2D eigenvalue weighted by atomic mass is 79.9. The molecule has 0 aromatic heterocycles. The Morgan fingerprint density at radius 3 is 2.43 bits per heavy atom. The lowest BCUT2D eigenvalue weighted by Gasteiger charge is -2.09. The molecule has 0 aliphatic heterocycles. The monoisotopic (exact) mass is 167 g/mol. The first-order valence-electron chi connectivity index (χ1n) is 1.62. The first-order chi connectivity index (χ1) is 3.06. The molecule has 7 heavy (non-hydrogen) atoms. The normalized spacial score (nSPS) is 17.6. The van der Waals surface area contributed by atoms with Gasteiger partial charge in [-0.2, -0.15) is 0 Å². The van der Waals surface area contributed by atoms with Gasteiger partial charge in [0.15, 0.2) is 0 Å². The van der Waals surface area contributed by atoms with Crippen LogP contribution in [0, 0.1) is 0 Å². The van der Waals surface area contributed by atoms with Gasteiger partial charge in [-0.05, 0) is 15.9 Å². The van der Waals surface area contributed by atoms with Crippen molar-refractivity contribution in [2.45, 2.75) is 11.6 Å². The van der Waals surface area contributed by atoms with Gasteiger partial charge >= 0.3 is 0 Å². The predicted molar refractivity (Wildman–Crippen MR) is 30.2 cm³/mol. The van der Waals surface area contributed by atoms with E-state index in [9.17, 15) is 0 Å². The van der Waals surface area contributed by atoms with Crippen molar-refractivity contribution in [2.24, 2.45) is 5.16 Å². The topological polar surface area (TPSA) is 41.8 Å². The molecule has 3 nitrogen and oxygen atoms in total. The van der Waals surface area contributed by atoms with Crippen LogP contribution in [0.1, 0.15) is 6.92 Å². The van der Waals surface area contributed by atoms with Crippen molar-refractivity contribution < 1.29 is 9.94 Å². The third-order valence-corrected chi connectivity index (χ3v) is 0.376. The minimum absolute atomic E-state index is 1.37. The van der Waals surface area contributed by atoms with Crippen LogP contribution in [0.15, 0.2) is 5.16 Å². The molecule has 0 saturated carbocycles. The summed E-state index contributed by atoms with van der Waals surface area (Å²) in [6.45, 7) is 4.37. The zero-order valence-electron chi connectivity index (χ0n) is 3.89. The molecule has 1 unspecified atom stereocenters. The molecule has 0 rings (SSSR count). The van der Waals surface area contributed by atoms with Crippen molar-refractivity contribution in [3.63, 3.8) is 0 Å². The molecular weight excluding hydrogens is 162 g/mol. The molecule has 0 aliphatic rings. The fourth-order valence-electron chi connectivity index (χ4n) is 0.118. The number of rotatable bonds is 2. The van der Waals surface area contributed by atoms with Crippen LogP contribution in [0.25, 0.3) is 0 Å². The van der Waals surface area contributed by atoms with E-state index in [-0.39, 0.29) is 0 Å². The van der Waals surface area contributed by atoms with Gasteiger partial charge in [0.05, 0.1) is 0 Å². The fraction of sp³-hybridized carbons (Fsp3) is 0.667. The van der Waals surface area contributed by atoms with Crippen LogP contribution in [-0.2, 0) is 4.84 Å². The molecule has 0 heterocycles. The molecule has 42 valence electrons. The largest absolute Gasteiger partial charge is 0.349 e. The van der Waals surface area contributed by atoms with E-state index in [1.54, 1.807) is 0 Å². The molecule has 0 aromatic rings. The van der Waals surface area contributed by atoms with Crippen LogP contribution in [-0.4, -0.2) is 16.5 Å². The Hall–Kier alpha value is -0.0900. The Bertz CT molecular complexity index is 67.8. The second-order valence-corrected chi connectivity index (χ2v) is 2.56. The Morgan fingerprint density at radius 1 is 2.00 bits per heavy atom. The Labute approximate surface area is 50.1 Å². The summed E-state index contributed by atoms with van der Waals surface area (Å²) < 4.78 is -1.37. The van der Waals surface area contributed by atoms with Crippen molar-refractivity contribution in [3.8, 4) is 0 Å². The molecule has 0 fully saturated rings. The molecule has 0 spiro atoms. The summed E-state index contributed by atoms with van der Waals surface area (Å²) in [5.41, 5.74) is 0. The summed E-state index contributed by atoms with van der Waals surface area (Å²) in [4.78, 5) is 4.22. The summed E-state index contributed by atoms with van der Waals surface area (Å²) >= 11 is 2.74. The Morgan fingerprint density at radius 2 is 2.43 bits per heavy atom. The van der Waals surface area contributed by atoms with E-state index in [0.717, 1.165) is 0 Å². The molecule has 0 saturated heterocycles. The van der Waals surface area contributed by atoms with E-state index in [1.807, 2.05) is 0 Å². The van der Waals surface area contributed by atoms with Gasteiger partial charge < -0.3 is 9.94 Å². The van der Waals surface area contributed by atoms with Crippen molar-refractivity contribution in [3.05, 3.63) is 0 Å². The van der Waals surface area contributed by atoms with E-state index in [4.69, 9.17) is 5.11 Å². The second-order valence-electron chi connectivity index (χ2n) is 1.09. The number of nitrogens with zero attached hydrogens (tertiary/aromatic N) is 1. The number of aliphatic hydroxyl groups is 1. The van der Waals surface area contributed by atoms with Crippen LogP contribution in [0.2, 0.25) is 0 Å². The highest BCUT2D eigenvalue weighted by Crippen LogP contribution is 2.12. The summed E-state index contributed by atoms with van der Waals surface area (Å²) in [7, 11) is 0. The molecule has 4 heteroatoms. The average Bonchev–Trinajstić information content (AvgIpc) is 1.30. The summed E-state index contributed by atoms with van der Waals surface area (Å²) in [6.07, 6.45) is 0. The SMILES string of the molecule is C=NOC(C)(O)Br. The molecule has 0 aromatic carbocycles. The first kappa shape index (κ1) is 6.91. The Kier molecular flexibility index (Phi) is 2.25. The lowest BCUT2D eigenvalue weighted by molar-refractivity contribution is -0.108. The molecule has 1 atom stereocenters. The van der Waals surface area contributed by atoms with Gasteiger partial charge in [0.25, 0.3) is 4.70 Å². The highest BCUT2D eigenvalue weighted by Gasteiger charge is 2.14. The Balaban J connectivity index is 3.34. The predicted octanol–water partition coefficient (Wildman–Crippen LogP) is 0.679. The molecule has 0 radical (unpaired) electrons. The maximum absolute atomic E-state index is 8.58. The van der Waals surface area contributed by atoms with E-state index in [0.29, 0.717) is 0 Å². The van der Waals surface area contributed by atoms with Gasteiger partial charge in [0, 0.05) is 13.6 Å². The number of halogens is 1. The maximum atomic E-state index is 8.58. The summed E-state index contributed by atoms with van der Waals surface area (Å²) in [5.74, 6) is 0. The van der Waals surface area contributed by atoms with Gasteiger partial charge in [-0.25, -0.2) is 0 Å². The van der Waals surface area contributed by atoms with Crippen LogP contribution < -0.4 is 0 Å². The van der Waals surface area contributed by atoms with E-state index in [2.05, 4.69) is 32.6 Å². The van der Waals surface area contributed by atoms with E-state index in [1.165, 1.54) is 6.92 Å². The van der Waals surface area contributed by atoms with Gasteiger partial charge in [-0.3, -0.25) is 0 Å². The minimum Gasteiger partial charge on any atom is -0.349 e. The lowest BCUT2D eigenvalue weighted by Crippen LogP contribution is -2.14. The number of hydrogen-bond donors (Lipinski definition) is 1. The van der Waals surface area contributed by atoms with E-state index < -0.39 is 4.70 Å². The van der Waals surface area contributed by atoms with Crippen molar-refractivity contribution in [1.29, 1.82) is 0 Å². The second kappa shape index (κ2) is 2.28. The third-order valence-electron chi connectivity index (χ3n) is 0.231. The highest BCUT2D eigenvalue weighted by molar-refractivity contribution is 9.09. The molecule has 0 amide bonds. The number of hydrogen-bond acceptors (Lipinski definition) is 3. The average molecular weight is 168 g/mol. The zero-order valence-corrected chi connectivity index (χ0v) is 5.47.